The van der Waals surface area contributed by atoms with Gasteiger partial charge in [0, 0.05) is 32.6 Å². The van der Waals surface area contributed by atoms with Crippen molar-refractivity contribution in [2.24, 2.45) is 5.73 Å². The third-order valence-corrected chi connectivity index (χ3v) is 6.92. The summed E-state index contributed by atoms with van der Waals surface area (Å²) in [5, 5.41) is 0. The van der Waals surface area contributed by atoms with E-state index in [1.165, 1.54) is 9.21 Å². The molecule has 160 valence electrons. The molecule has 0 aromatic heterocycles. The summed E-state index contributed by atoms with van der Waals surface area (Å²) in [6.45, 7) is 5.84. The van der Waals surface area contributed by atoms with Crippen molar-refractivity contribution in [3.8, 4) is 0 Å². The minimum Gasteiger partial charge on any atom is -0.456 e. The van der Waals surface area contributed by atoms with Crippen molar-refractivity contribution in [2.45, 2.75) is 38.5 Å². The number of nitrogens with two attached hydrogens (primary N) is 1. The van der Waals surface area contributed by atoms with E-state index in [-0.39, 0.29) is 44.9 Å². The SMILES string of the molecule is Cc1cc(C)c(S(=O)(=O)N2CCN(C(=O)CCC(=O)OCC(N)=O)CC2)c(C)c1. The second-order valence-corrected chi connectivity index (χ2v) is 9.01. The van der Waals surface area contributed by atoms with Crippen LogP contribution in [-0.2, 0) is 29.1 Å². The van der Waals surface area contributed by atoms with Gasteiger partial charge in [-0.15, -0.1) is 0 Å². The molecule has 9 nitrogen and oxygen atoms in total. The normalized spacial score (nSPS) is 15.2. The van der Waals surface area contributed by atoms with Crippen LogP contribution in [0.15, 0.2) is 17.0 Å². The quantitative estimate of drug-likeness (QED) is 0.624. The number of nitrogens with zero attached hydrogens (tertiary/aromatic N) is 2. The lowest BCUT2D eigenvalue weighted by atomic mass is 10.1. The van der Waals surface area contributed by atoms with E-state index < -0.39 is 28.5 Å². The molecule has 0 bridgehead atoms. The Morgan fingerprint density at radius 3 is 2.07 bits per heavy atom. The van der Waals surface area contributed by atoms with E-state index in [2.05, 4.69) is 4.74 Å². The Morgan fingerprint density at radius 1 is 1.00 bits per heavy atom. The highest BCUT2D eigenvalue weighted by atomic mass is 32.2. The van der Waals surface area contributed by atoms with Crippen molar-refractivity contribution in [1.29, 1.82) is 0 Å². The first-order valence-electron chi connectivity index (χ1n) is 9.32. The molecule has 1 saturated heterocycles. The van der Waals surface area contributed by atoms with Crippen molar-refractivity contribution in [3.05, 3.63) is 28.8 Å². The Morgan fingerprint density at radius 2 is 1.55 bits per heavy atom. The van der Waals surface area contributed by atoms with Gasteiger partial charge in [-0.05, 0) is 31.9 Å². The molecule has 1 fully saturated rings. The summed E-state index contributed by atoms with van der Waals surface area (Å²) in [6, 6.07) is 3.69. The number of carbonyl (C=O) groups excluding carboxylic acids is 3. The van der Waals surface area contributed by atoms with Gasteiger partial charge >= 0.3 is 5.97 Å². The molecule has 0 radical (unpaired) electrons. The first kappa shape index (κ1) is 22.8. The van der Waals surface area contributed by atoms with E-state index >= 15 is 0 Å². The predicted octanol–water partition coefficient (Wildman–Crippen LogP) is 0.253. The molecule has 0 atom stereocenters. The van der Waals surface area contributed by atoms with Crippen LogP contribution in [0.25, 0.3) is 0 Å². The van der Waals surface area contributed by atoms with E-state index in [9.17, 15) is 22.8 Å². The maximum Gasteiger partial charge on any atom is 0.306 e. The Balaban J connectivity index is 1.94. The minimum atomic E-state index is -3.65. The lowest BCUT2D eigenvalue weighted by Crippen LogP contribution is -2.50. The van der Waals surface area contributed by atoms with Gasteiger partial charge in [-0.2, -0.15) is 4.31 Å². The summed E-state index contributed by atoms with van der Waals surface area (Å²) in [7, 11) is -3.65. The highest BCUT2D eigenvalue weighted by Crippen LogP contribution is 2.26. The van der Waals surface area contributed by atoms with Crippen LogP contribution in [0.2, 0.25) is 0 Å². The average molecular weight is 426 g/mol. The van der Waals surface area contributed by atoms with Gasteiger partial charge in [0.1, 0.15) is 0 Å². The van der Waals surface area contributed by atoms with Crippen LogP contribution in [0.4, 0.5) is 0 Å². The number of carbonyl (C=O) groups is 3. The Labute approximate surface area is 170 Å². The van der Waals surface area contributed by atoms with Crippen LogP contribution in [0.1, 0.15) is 29.5 Å². The lowest BCUT2D eigenvalue weighted by Gasteiger charge is -2.34. The number of hydrogen-bond acceptors (Lipinski definition) is 6. The van der Waals surface area contributed by atoms with Crippen molar-refractivity contribution in [3.63, 3.8) is 0 Å². The smallest absolute Gasteiger partial charge is 0.306 e. The first-order valence-corrected chi connectivity index (χ1v) is 10.8. The first-order chi connectivity index (χ1) is 13.5. The molecule has 1 heterocycles. The zero-order valence-electron chi connectivity index (χ0n) is 16.9. The molecule has 2 amide bonds. The molecular formula is C19H27N3O6S. The summed E-state index contributed by atoms with van der Waals surface area (Å²) in [4.78, 5) is 36.2. The maximum absolute atomic E-state index is 13.1. The fourth-order valence-corrected chi connectivity index (χ4v) is 5.31. The van der Waals surface area contributed by atoms with E-state index in [4.69, 9.17) is 5.73 Å². The molecule has 1 aromatic carbocycles. The predicted molar refractivity (Wildman–Crippen MR) is 105 cm³/mol. The number of sulfonamides is 1. The van der Waals surface area contributed by atoms with E-state index in [0.717, 1.165) is 5.56 Å². The minimum absolute atomic E-state index is 0.0689. The third-order valence-electron chi connectivity index (χ3n) is 4.71. The van der Waals surface area contributed by atoms with E-state index in [1.807, 2.05) is 19.1 Å². The largest absolute Gasteiger partial charge is 0.456 e. The van der Waals surface area contributed by atoms with Gasteiger partial charge in [0.05, 0.1) is 11.3 Å². The van der Waals surface area contributed by atoms with Crippen molar-refractivity contribution in [1.82, 2.24) is 9.21 Å². The van der Waals surface area contributed by atoms with Gasteiger partial charge in [0.2, 0.25) is 15.9 Å². The van der Waals surface area contributed by atoms with Gasteiger partial charge in [-0.25, -0.2) is 8.42 Å². The fraction of sp³-hybridized carbons (Fsp3) is 0.526. The van der Waals surface area contributed by atoms with Crippen LogP contribution in [0.5, 0.6) is 0 Å². The maximum atomic E-state index is 13.1. The lowest BCUT2D eigenvalue weighted by molar-refractivity contribution is -0.149. The molecule has 10 heteroatoms. The number of benzene rings is 1. The number of rotatable bonds is 7. The zero-order chi connectivity index (χ0) is 21.8. The Kier molecular flexibility index (Phi) is 7.37. The summed E-state index contributed by atoms with van der Waals surface area (Å²) in [5.41, 5.74) is 7.30. The highest BCUT2D eigenvalue weighted by molar-refractivity contribution is 7.89. The average Bonchev–Trinajstić information content (AvgIpc) is 2.63. The van der Waals surface area contributed by atoms with Gasteiger partial charge in [0.15, 0.2) is 6.61 Å². The van der Waals surface area contributed by atoms with Crippen molar-refractivity contribution < 1.29 is 27.5 Å². The summed E-state index contributed by atoms with van der Waals surface area (Å²) in [5.74, 6) is -1.70. The molecule has 1 aliphatic heterocycles. The second kappa shape index (κ2) is 9.36. The van der Waals surface area contributed by atoms with Gasteiger partial charge in [0.25, 0.3) is 5.91 Å². The van der Waals surface area contributed by atoms with E-state index in [1.54, 1.807) is 13.8 Å². The molecule has 0 saturated carbocycles. The van der Waals surface area contributed by atoms with Gasteiger partial charge in [-0.3, -0.25) is 14.4 Å². The summed E-state index contributed by atoms with van der Waals surface area (Å²) in [6.07, 6.45) is -0.229. The number of piperazine rings is 1. The molecule has 2 rings (SSSR count). The molecule has 0 spiro atoms. The summed E-state index contributed by atoms with van der Waals surface area (Å²) < 4.78 is 32.2. The third kappa shape index (κ3) is 5.77. The molecular weight excluding hydrogens is 398 g/mol. The monoisotopic (exact) mass is 425 g/mol. The number of amides is 2. The van der Waals surface area contributed by atoms with Crippen LogP contribution >= 0.6 is 0 Å². The zero-order valence-corrected chi connectivity index (χ0v) is 17.8. The summed E-state index contributed by atoms with van der Waals surface area (Å²) >= 11 is 0. The number of primary amides is 1. The number of ether oxygens (including phenoxy) is 1. The van der Waals surface area contributed by atoms with Crippen molar-refractivity contribution >= 4 is 27.8 Å². The Bertz CT molecular complexity index is 882. The topological polar surface area (TPSA) is 127 Å². The standard InChI is InChI=1S/C19H27N3O6S/c1-13-10-14(2)19(15(3)11-13)29(26,27)22-8-6-21(7-9-22)17(24)4-5-18(25)28-12-16(20)23/h10-11H,4-9,12H2,1-3H3,(H2,20,23). The molecule has 1 aromatic rings. The molecule has 29 heavy (non-hydrogen) atoms. The van der Waals surface area contributed by atoms with Crippen molar-refractivity contribution in [2.75, 3.05) is 32.8 Å². The Hall–Kier alpha value is -2.46. The number of esters is 1. The number of aryl methyl sites for hydroxylation is 3. The molecule has 0 aliphatic carbocycles. The van der Waals surface area contributed by atoms with Gasteiger partial charge in [-0.1, -0.05) is 17.7 Å². The van der Waals surface area contributed by atoms with Crippen LogP contribution in [0, 0.1) is 20.8 Å². The number of hydrogen-bond donors (Lipinski definition) is 1. The molecule has 1 aliphatic rings. The second-order valence-electron chi connectivity index (χ2n) is 7.14. The molecule has 2 N–H and O–H groups in total. The van der Waals surface area contributed by atoms with Crippen LogP contribution in [-0.4, -0.2) is 68.2 Å². The fourth-order valence-electron chi connectivity index (χ4n) is 3.47. The highest BCUT2D eigenvalue weighted by Gasteiger charge is 2.32. The van der Waals surface area contributed by atoms with Crippen LogP contribution < -0.4 is 5.73 Å². The van der Waals surface area contributed by atoms with E-state index in [0.29, 0.717) is 16.0 Å². The van der Waals surface area contributed by atoms with Crippen LogP contribution in [0.3, 0.4) is 0 Å². The molecule has 0 unspecified atom stereocenters. The van der Waals surface area contributed by atoms with Gasteiger partial charge < -0.3 is 15.4 Å².